The number of nitrogens with zero attached hydrogens (tertiary/aromatic N) is 3. The van der Waals surface area contributed by atoms with Crippen LogP contribution in [0.25, 0.3) is 33.7 Å². The third kappa shape index (κ3) is 3.85. The molecule has 2 heterocycles. The highest BCUT2D eigenvalue weighted by molar-refractivity contribution is 5.86. The van der Waals surface area contributed by atoms with Crippen LogP contribution in [0.1, 0.15) is 33.3 Å². The molecule has 30 heavy (non-hydrogen) atoms. The lowest BCUT2D eigenvalue weighted by Crippen LogP contribution is -2.10. The average Bonchev–Trinajstić information content (AvgIpc) is 3.22. The normalized spacial score (nSPS) is 11.6. The van der Waals surface area contributed by atoms with Crippen LogP contribution in [0.2, 0.25) is 0 Å². The van der Waals surface area contributed by atoms with Crippen molar-refractivity contribution in [1.82, 2.24) is 15.1 Å². The number of benzene rings is 2. The lowest BCUT2D eigenvalue weighted by Gasteiger charge is -2.18. The quantitative estimate of drug-likeness (QED) is 0.428. The number of pyridine rings is 1. The van der Waals surface area contributed by atoms with E-state index in [0.29, 0.717) is 29.8 Å². The van der Waals surface area contributed by atoms with Crippen LogP contribution in [-0.2, 0) is 5.41 Å². The van der Waals surface area contributed by atoms with Gasteiger partial charge in [-0.05, 0) is 54.3 Å². The first kappa shape index (κ1) is 19.9. The van der Waals surface area contributed by atoms with Crippen LogP contribution in [0, 0.1) is 0 Å². The van der Waals surface area contributed by atoms with Gasteiger partial charge in [-0.25, -0.2) is 4.98 Å². The zero-order chi connectivity index (χ0) is 21.3. The summed E-state index contributed by atoms with van der Waals surface area (Å²) in [7, 11) is 1.64. The molecule has 0 N–H and O–H groups in total. The van der Waals surface area contributed by atoms with E-state index in [1.165, 1.54) is 5.56 Å². The van der Waals surface area contributed by atoms with E-state index in [2.05, 4.69) is 48.0 Å². The molecule has 0 unspecified atom stereocenters. The van der Waals surface area contributed by atoms with Crippen LogP contribution < -0.4 is 9.47 Å². The SMILES string of the molecule is CCOc1nc2ccc(OC)cc2cc1-c1noc(-c2ccc(C(C)(C)C)cc2)n1. The summed E-state index contributed by atoms with van der Waals surface area (Å²) in [5.41, 5.74) is 3.69. The van der Waals surface area contributed by atoms with Gasteiger partial charge in [0.15, 0.2) is 0 Å². The molecule has 2 aromatic heterocycles. The average molecular weight is 403 g/mol. The topological polar surface area (TPSA) is 70.3 Å². The highest BCUT2D eigenvalue weighted by Gasteiger charge is 2.19. The summed E-state index contributed by atoms with van der Waals surface area (Å²) in [4.78, 5) is 9.24. The third-order valence-corrected chi connectivity index (χ3v) is 4.93. The Morgan fingerprint density at radius 3 is 2.40 bits per heavy atom. The zero-order valence-corrected chi connectivity index (χ0v) is 17.9. The third-order valence-electron chi connectivity index (χ3n) is 4.93. The second-order valence-electron chi connectivity index (χ2n) is 8.08. The van der Waals surface area contributed by atoms with Crippen molar-refractivity contribution >= 4 is 10.9 Å². The maximum Gasteiger partial charge on any atom is 0.258 e. The number of aromatic nitrogens is 3. The summed E-state index contributed by atoms with van der Waals surface area (Å²) in [5.74, 6) is 2.13. The van der Waals surface area contributed by atoms with E-state index in [1.54, 1.807) is 7.11 Å². The van der Waals surface area contributed by atoms with Crippen LogP contribution in [-0.4, -0.2) is 28.8 Å². The minimum atomic E-state index is 0.0861. The van der Waals surface area contributed by atoms with Gasteiger partial charge in [0.25, 0.3) is 5.89 Å². The second kappa shape index (κ2) is 7.78. The molecule has 0 radical (unpaired) electrons. The van der Waals surface area contributed by atoms with E-state index in [9.17, 15) is 0 Å². The Hall–Kier alpha value is -3.41. The van der Waals surface area contributed by atoms with Crippen molar-refractivity contribution in [3.05, 3.63) is 54.1 Å². The molecule has 0 aliphatic heterocycles. The zero-order valence-electron chi connectivity index (χ0n) is 17.9. The standard InChI is InChI=1S/C24H25N3O3/c1-6-29-23-19(14-16-13-18(28-5)11-12-20(16)25-23)21-26-22(30-27-21)15-7-9-17(10-8-15)24(2,3)4/h7-14H,6H2,1-5H3. The Labute approximate surface area is 175 Å². The fraction of sp³-hybridized carbons (Fsp3) is 0.292. The molecule has 0 atom stereocenters. The van der Waals surface area contributed by atoms with Crippen molar-refractivity contribution in [3.63, 3.8) is 0 Å². The number of ether oxygens (including phenoxy) is 2. The Morgan fingerprint density at radius 1 is 0.967 bits per heavy atom. The van der Waals surface area contributed by atoms with Crippen LogP contribution in [0.4, 0.5) is 0 Å². The molecule has 0 saturated heterocycles. The summed E-state index contributed by atoms with van der Waals surface area (Å²) in [6.07, 6.45) is 0. The molecule has 0 aliphatic rings. The molecule has 6 nitrogen and oxygen atoms in total. The van der Waals surface area contributed by atoms with E-state index in [4.69, 9.17) is 14.0 Å². The molecular formula is C24H25N3O3. The Balaban J connectivity index is 1.75. The van der Waals surface area contributed by atoms with Gasteiger partial charge in [-0.15, -0.1) is 0 Å². The number of rotatable bonds is 5. The molecule has 6 heteroatoms. The monoisotopic (exact) mass is 403 g/mol. The van der Waals surface area contributed by atoms with Crippen molar-refractivity contribution in [2.45, 2.75) is 33.1 Å². The highest BCUT2D eigenvalue weighted by Crippen LogP contribution is 2.33. The number of fused-ring (bicyclic) bond motifs is 1. The molecule has 0 aliphatic carbocycles. The van der Waals surface area contributed by atoms with Crippen molar-refractivity contribution in [2.75, 3.05) is 13.7 Å². The first-order valence-corrected chi connectivity index (χ1v) is 9.95. The summed E-state index contributed by atoms with van der Waals surface area (Å²) >= 11 is 0. The summed E-state index contributed by atoms with van der Waals surface area (Å²) in [5, 5.41) is 5.10. The van der Waals surface area contributed by atoms with Crippen molar-refractivity contribution in [3.8, 4) is 34.5 Å². The Morgan fingerprint density at radius 2 is 1.73 bits per heavy atom. The van der Waals surface area contributed by atoms with Crippen molar-refractivity contribution in [1.29, 1.82) is 0 Å². The van der Waals surface area contributed by atoms with Gasteiger partial charge >= 0.3 is 0 Å². The second-order valence-corrected chi connectivity index (χ2v) is 8.08. The van der Waals surface area contributed by atoms with Gasteiger partial charge in [0.05, 0.1) is 24.8 Å². The minimum Gasteiger partial charge on any atom is -0.497 e. The maximum atomic E-state index is 5.76. The van der Waals surface area contributed by atoms with Gasteiger partial charge in [0.1, 0.15) is 5.75 Å². The van der Waals surface area contributed by atoms with Crippen LogP contribution >= 0.6 is 0 Å². The molecule has 2 aromatic carbocycles. The van der Waals surface area contributed by atoms with Crippen molar-refractivity contribution in [2.24, 2.45) is 0 Å². The number of methoxy groups -OCH3 is 1. The molecule has 0 saturated carbocycles. The summed E-state index contributed by atoms with van der Waals surface area (Å²) in [6.45, 7) is 8.96. The lowest BCUT2D eigenvalue weighted by atomic mass is 9.87. The van der Waals surface area contributed by atoms with E-state index < -0.39 is 0 Å². The Bertz CT molecular complexity index is 1170. The van der Waals surface area contributed by atoms with E-state index in [1.807, 2.05) is 43.3 Å². The molecule has 0 fully saturated rings. The van der Waals surface area contributed by atoms with E-state index >= 15 is 0 Å². The predicted molar refractivity (Wildman–Crippen MR) is 117 cm³/mol. The molecule has 0 amide bonds. The van der Waals surface area contributed by atoms with Crippen molar-refractivity contribution < 1.29 is 14.0 Å². The molecule has 0 spiro atoms. The molecule has 0 bridgehead atoms. The van der Waals surface area contributed by atoms with Gasteiger partial charge in [0, 0.05) is 10.9 Å². The smallest absolute Gasteiger partial charge is 0.258 e. The first-order chi connectivity index (χ1) is 14.4. The van der Waals surface area contributed by atoms with Crippen LogP contribution in [0.5, 0.6) is 11.6 Å². The predicted octanol–water partition coefficient (Wildman–Crippen LogP) is 5.66. The minimum absolute atomic E-state index is 0.0861. The first-order valence-electron chi connectivity index (χ1n) is 9.95. The Kier molecular flexibility index (Phi) is 5.16. The lowest BCUT2D eigenvalue weighted by molar-refractivity contribution is 0.329. The van der Waals surface area contributed by atoms with Gasteiger partial charge in [-0.2, -0.15) is 4.98 Å². The maximum absolute atomic E-state index is 5.76. The van der Waals surface area contributed by atoms with Crippen LogP contribution in [0.3, 0.4) is 0 Å². The molecule has 154 valence electrons. The van der Waals surface area contributed by atoms with E-state index in [0.717, 1.165) is 22.2 Å². The molecule has 4 rings (SSSR count). The fourth-order valence-electron chi connectivity index (χ4n) is 3.23. The van der Waals surface area contributed by atoms with Gasteiger partial charge in [-0.3, -0.25) is 0 Å². The van der Waals surface area contributed by atoms with Gasteiger partial charge in [0.2, 0.25) is 11.7 Å². The largest absolute Gasteiger partial charge is 0.497 e. The van der Waals surface area contributed by atoms with Crippen LogP contribution in [0.15, 0.2) is 53.1 Å². The van der Waals surface area contributed by atoms with Gasteiger partial charge < -0.3 is 14.0 Å². The number of hydrogen-bond donors (Lipinski definition) is 0. The summed E-state index contributed by atoms with van der Waals surface area (Å²) < 4.78 is 16.6. The highest BCUT2D eigenvalue weighted by atomic mass is 16.5. The van der Waals surface area contributed by atoms with Gasteiger partial charge in [-0.1, -0.05) is 38.1 Å². The number of hydrogen-bond acceptors (Lipinski definition) is 6. The molecular weight excluding hydrogens is 378 g/mol. The summed E-state index contributed by atoms with van der Waals surface area (Å²) in [6, 6.07) is 15.8. The fourth-order valence-corrected chi connectivity index (χ4v) is 3.23. The van der Waals surface area contributed by atoms with E-state index in [-0.39, 0.29) is 5.41 Å². The molecule has 4 aromatic rings.